The largest absolute Gasteiger partial charge is 0.493 e. The molecule has 4 nitrogen and oxygen atoms in total. The SMILES string of the molecule is COc1ccc(NC(=O)c2ccc(SC(F)F)cc2)cc1OC(F)F. The molecule has 0 spiro atoms. The summed E-state index contributed by atoms with van der Waals surface area (Å²) in [6.07, 6.45) is 0. The molecule has 1 amide bonds. The van der Waals surface area contributed by atoms with Gasteiger partial charge >= 0.3 is 6.61 Å². The van der Waals surface area contributed by atoms with Crippen LogP contribution in [0.5, 0.6) is 11.5 Å². The van der Waals surface area contributed by atoms with Crippen LogP contribution in [0.3, 0.4) is 0 Å². The van der Waals surface area contributed by atoms with Gasteiger partial charge in [0.15, 0.2) is 11.5 Å². The summed E-state index contributed by atoms with van der Waals surface area (Å²) in [5.41, 5.74) is 0.443. The van der Waals surface area contributed by atoms with Crippen molar-refractivity contribution in [3.63, 3.8) is 0 Å². The minimum Gasteiger partial charge on any atom is -0.493 e. The molecular formula is C16H13F4NO3S. The first-order chi connectivity index (χ1) is 11.9. The molecule has 0 saturated heterocycles. The van der Waals surface area contributed by atoms with Crippen molar-refractivity contribution in [1.29, 1.82) is 0 Å². The van der Waals surface area contributed by atoms with E-state index >= 15 is 0 Å². The lowest BCUT2D eigenvalue weighted by atomic mass is 10.2. The molecule has 0 aliphatic carbocycles. The van der Waals surface area contributed by atoms with E-state index in [1.54, 1.807) is 0 Å². The summed E-state index contributed by atoms with van der Waals surface area (Å²) in [7, 11) is 1.30. The highest BCUT2D eigenvalue weighted by molar-refractivity contribution is 7.99. The molecular weight excluding hydrogens is 362 g/mol. The Balaban J connectivity index is 2.11. The summed E-state index contributed by atoms with van der Waals surface area (Å²) in [4.78, 5) is 12.5. The van der Waals surface area contributed by atoms with Crippen LogP contribution in [-0.4, -0.2) is 25.4 Å². The molecule has 0 unspecified atom stereocenters. The van der Waals surface area contributed by atoms with Crippen LogP contribution < -0.4 is 14.8 Å². The Hall–Kier alpha value is -2.42. The van der Waals surface area contributed by atoms with Crippen LogP contribution in [0, 0.1) is 0 Å². The molecule has 2 rings (SSSR count). The Bertz CT molecular complexity index is 726. The fourth-order valence-corrected chi connectivity index (χ4v) is 2.43. The number of amides is 1. The van der Waals surface area contributed by atoms with E-state index in [1.165, 1.54) is 49.6 Å². The molecule has 0 aromatic heterocycles. The maximum atomic E-state index is 12.4. The summed E-state index contributed by atoms with van der Waals surface area (Å²) in [6, 6.07) is 9.59. The highest BCUT2D eigenvalue weighted by Gasteiger charge is 2.13. The summed E-state index contributed by atoms with van der Waals surface area (Å²) >= 11 is 0.368. The zero-order valence-corrected chi connectivity index (χ0v) is 13.7. The summed E-state index contributed by atoms with van der Waals surface area (Å²) in [5.74, 6) is -3.21. The Morgan fingerprint density at radius 3 is 2.28 bits per heavy atom. The Morgan fingerprint density at radius 2 is 1.72 bits per heavy atom. The molecule has 25 heavy (non-hydrogen) atoms. The van der Waals surface area contributed by atoms with Gasteiger partial charge in [0, 0.05) is 22.2 Å². The maximum absolute atomic E-state index is 12.4. The molecule has 0 aliphatic rings. The average molecular weight is 375 g/mol. The number of ether oxygens (including phenoxy) is 2. The number of hydrogen-bond donors (Lipinski definition) is 1. The standard InChI is InChI=1S/C16H13F4NO3S/c1-23-12-7-4-10(8-13(12)24-15(17)18)21-14(22)9-2-5-11(6-3-9)25-16(19)20/h2-8,15-16H,1H3,(H,21,22). The first-order valence-electron chi connectivity index (χ1n) is 6.88. The fraction of sp³-hybridized carbons (Fsp3) is 0.188. The van der Waals surface area contributed by atoms with Crippen LogP contribution in [-0.2, 0) is 0 Å². The second kappa shape index (κ2) is 8.61. The molecule has 0 aliphatic heterocycles. The molecule has 134 valence electrons. The zero-order valence-electron chi connectivity index (χ0n) is 12.8. The number of thioether (sulfide) groups is 1. The summed E-state index contributed by atoms with van der Waals surface area (Å²) in [6.45, 7) is -3.04. The summed E-state index contributed by atoms with van der Waals surface area (Å²) < 4.78 is 58.6. The van der Waals surface area contributed by atoms with Crippen LogP contribution >= 0.6 is 11.8 Å². The van der Waals surface area contributed by atoms with Crippen molar-refractivity contribution in [1.82, 2.24) is 0 Å². The second-order valence-corrected chi connectivity index (χ2v) is 5.66. The third kappa shape index (κ3) is 5.56. The van der Waals surface area contributed by atoms with E-state index in [4.69, 9.17) is 4.74 Å². The number of methoxy groups -OCH3 is 1. The van der Waals surface area contributed by atoms with Gasteiger partial charge in [0.2, 0.25) is 0 Å². The monoisotopic (exact) mass is 375 g/mol. The Labute approximate surface area is 145 Å². The van der Waals surface area contributed by atoms with Gasteiger partial charge in [-0.1, -0.05) is 11.8 Å². The van der Waals surface area contributed by atoms with Gasteiger partial charge < -0.3 is 14.8 Å². The van der Waals surface area contributed by atoms with E-state index in [9.17, 15) is 22.4 Å². The zero-order chi connectivity index (χ0) is 18.4. The number of alkyl halides is 4. The molecule has 0 heterocycles. The van der Waals surface area contributed by atoms with Crippen molar-refractivity contribution in [3.8, 4) is 11.5 Å². The first-order valence-corrected chi connectivity index (χ1v) is 7.76. The lowest BCUT2D eigenvalue weighted by Gasteiger charge is -2.12. The predicted molar refractivity (Wildman–Crippen MR) is 85.9 cm³/mol. The lowest BCUT2D eigenvalue weighted by Crippen LogP contribution is -2.12. The van der Waals surface area contributed by atoms with Crippen LogP contribution in [0.1, 0.15) is 10.4 Å². The van der Waals surface area contributed by atoms with Gasteiger partial charge in [0.1, 0.15) is 0 Å². The van der Waals surface area contributed by atoms with Crippen LogP contribution in [0.4, 0.5) is 23.2 Å². The van der Waals surface area contributed by atoms with E-state index in [0.29, 0.717) is 16.7 Å². The van der Waals surface area contributed by atoms with Crippen molar-refractivity contribution in [2.24, 2.45) is 0 Å². The molecule has 2 aromatic carbocycles. The van der Waals surface area contributed by atoms with Gasteiger partial charge in [-0.15, -0.1) is 0 Å². The predicted octanol–water partition coefficient (Wildman–Crippen LogP) is 4.86. The minimum absolute atomic E-state index is 0.0895. The van der Waals surface area contributed by atoms with Crippen LogP contribution in [0.2, 0.25) is 0 Å². The van der Waals surface area contributed by atoms with Gasteiger partial charge in [0.25, 0.3) is 11.7 Å². The van der Waals surface area contributed by atoms with Crippen molar-refractivity contribution in [2.75, 3.05) is 12.4 Å². The fourth-order valence-electron chi connectivity index (χ4n) is 1.93. The number of carbonyl (C=O) groups excluding carboxylic acids is 1. The quantitative estimate of drug-likeness (QED) is 0.554. The third-order valence-corrected chi connectivity index (χ3v) is 3.70. The highest BCUT2D eigenvalue weighted by Crippen LogP contribution is 2.31. The van der Waals surface area contributed by atoms with Gasteiger partial charge in [-0.05, 0) is 36.4 Å². The van der Waals surface area contributed by atoms with Gasteiger partial charge in [-0.25, -0.2) is 0 Å². The number of rotatable bonds is 7. The van der Waals surface area contributed by atoms with E-state index in [1.807, 2.05) is 0 Å². The minimum atomic E-state index is -3.04. The number of nitrogens with one attached hydrogen (secondary N) is 1. The second-order valence-electron chi connectivity index (χ2n) is 4.60. The van der Waals surface area contributed by atoms with E-state index in [-0.39, 0.29) is 22.7 Å². The van der Waals surface area contributed by atoms with Crippen molar-refractivity contribution in [2.45, 2.75) is 17.3 Å². The van der Waals surface area contributed by atoms with Gasteiger partial charge in [0.05, 0.1) is 7.11 Å². The molecule has 0 bridgehead atoms. The summed E-state index contributed by atoms with van der Waals surface area (Å²) in [5, 5.41) is 2.51. The third-order valence-electron chi connectivity index (χ3n) is 2.98. The van der Waals surface area contributed by atoms with E-state index in [0.717, 1.165) is 0 Å². The Morgan fingerprint density at radius 1 is 1.04 bits per heavy atom. The molecule has 9 heteroatoms. The van der Waals surface area contributed by atoms with Crippen molar-refractivity contribution < 1.29 is 31.8 Å². The Kier molecular flexibility index (Phi) is 6.51. The maximum Gasteiger partial charge on any atom is 0.387 e. The number of hydrogen-bond acceptors (Lipinski definition) is 4. The number of benzene rings is 2. The lowest BCUT2D eigenvalue weighted by molar-refractivity contribution is -0.0511. The van der Waals surface area contributed by atoms with E-state index in [2.05, 4.69) is 10.1 Å². The molecule has 0 atom stereocenters. The molecule has 0 radical (unpaired) electrons. The first kappa shape index (κ1) is 18.9. The highest BCUT2D eigenvalue weighted by atomic mass is 32.2. The van der Waals surface area contributed by atoms with E-state index < -0.39 is 18.3 Å². The number of anilines is 1. The smallest absolute Gasteiger partial charge is 0.387 e. The molecule has 0 saturated carbocycles. The number of halogens is 4. The molecule has 0 fully saturated rings. The topological polar surface area (TPSA) is 47.6 Å². The van der Waals surface area contributed by atoms with Gasteiger partial charge in [-0.2, -0.15) is 17.6 Å². The van der Waals surface area contributed by atoms with Gasteiger partial charge in [-0.3, -0.25) is 4.79 Å². The normalized spacial score (nSPS) is 10.8. The van der Waals surface area contributed by atoms with Crippen molar-refractivity contribution in [3.05, 3.63) is 48.0 Å². The van der Waals surface area contributed by atoms with Crippen LogP contribution in [0.25, 0.3) is 0 Å². The molecule has 1 N–H and O–H groups in total. The number of carbonyl (C=O) groups is 1. The van der Waals surface area contributed by atoms with Crippen LogP contribution in [0.15, 0.2) is 47.4 Å². The average Bonchev–Trinajstić information content (AvgIpc) is 2.54. The molecule has 2 aromatic rings. The van der Waals surface area contributed by atoms with Crippen molar-refractivity contribution >= 4 is 23.4 Å².